The molecule has 2 amide bonds. The van der Waals surface area contributed by atoms with Crippen molar-refractivity contribution >= 4 is 46.4 Å². The standard InChI is InChI=1S/C20H16Cl2FN5O2/c1-10-9-27(12-3-4-14(21)15(22)5-12)20(30)18-13(6-25-28(10)18)19(29)26-17-8-24-7-16(23)11(17)2/h3-8,10H,9H2,1-2H3,(H,26,29)/t10-/m0/s1. The summed E-state index contributed by atoms with van der Waals surface area (Å²) in [7, 11) is 0. The number of amides is 2. The SMILES string of the molecule is Cc1c(F)cncc1NC(=O)c1cnn2c1C(=O)N(c1ccc(Cl)c(Cl)c1)C[C@@H]2C. The Labute approximate surface area is 181 Å². The largest absolute Gasteiger partial charge is 0.320 e. The molecule has 1 aliphatic heterocycles. The number of hydrogen-bond acceptors (Lipinski definition) is 4. The number of carbonyl (C=O) groups excluding carboxylic acids is 2. The van der Waals surface area contributed by atoms with Gasteiger partial charge in [0.2, 0.25) is 0 Å². The van der Waals surface area contributed by atoms with Gasteiger partial charge in [-0.2, -0.15) is 5.10 Å². The highest BCUT2D eigenvalue weighted by Gasteiger charge is 2.35. The average molecular weight is 448 g/mol. The van der Waals surface area contributed by atoms with E-state index >= 15 is 0 Å². The minimum Gasteiger partial charge on any atom is -0.320 e. The smallest absolute Gasteiger partial charge is 0.277 e. The Morgan fingerprint density at radius 1 is 1.23 bits per heavy atom. The first kappa shape index (κ1) is 20.3. The lowest BCUT2D eigenvalue weighted by molar-refractivity contribution is 0.0939. The van der Waals surface area contributed by atoms with Gasteiger partial charge >= 0.3 is 0 Å². The van der Waals surface area contributed by atoms with Crippen LogP contribution in [0.2, 0.25) is 10.0 Å². The molecular weight excluding hydrogens is 432 g/mol. The second kappa shape index (κ2) is 7.70. The Morgan fingerprint density at radius 2 is 2.00 bits per heavy atom. The first-order valence-electron chi connectivity index (χ1n) is 9.03. The summed E-state index contributed by atoms with van der Waals surface area (Å²) in [5.41, 5.74) is 1.25. The monoisotopic (exact) mass is 447 g/mol. The molecule has 1 N–H and O–H groups in total. The summed E-state index contributed by atoms with van der Waals surface area (Å²) in [5.74, 6) is -1.52. The second-order valence-corrected chi connectivity index (χ2v) is 7.78. The van der Waals surface area contributed by atoms with Gasteiger partial charge in [-0.05, 0) is 32.0 Å². The van der Waals surface area contributed by atoms with E-state index in [1.165, 1.54) is 28.9 Å². The van der Waals surface area contributed by atoms with Crippen LogP contribution >= 0.6 is 23.2 Å². The highest BCUT2D eigenvalue weighted by atomic mass is 35.5. The maximum absolute atomic E-state index is 13.7. The third-order valence-corrected chi connectivity index (χ3v) is 5.71. The van der Waals surface area contributed by atoms with Crippen LogP contribution in [0.25, 0.3) is 0 Å². The number of aromatic nitrogens is 3. The molecule has 3 aromatic rings. The number of benzene rings is 1. The highest BCUT2D eigenvalue weighted by Crippen LogP contribution is 2.32. The molecule has 3 heterocycles. The van der Waals surface area contributed by atoms with Crippen LogP contribution in [0, 0.1) is 12.7 Å². The zero-order valence-corrected chi connectivity index (χ0v) is 17.5. The molecule has 2 aromatic heterocycles. The Balaban J connectivity index is 1.70. The van der Waals surface area contributed by atoms with Crippen LogP contribution in [0.3, 0.4) is 0 Å². The molecule has 1 atom stereocenters. The Kier molecular flexibility index (Phi) is 5.21. The minimum atomic E-state index is -0.580. The number of pyridine rings is 1. The van der Waals surface area contributed by atoms with E-state index in [0.29, 0.717) is 22.3 Å². The summed E-state index contributed by atoms with van der Waals surface area (Å²) >= 11 is 12.1. The van der Waals surface area contributed by atoms with Gasteiger partial charge in [0.1, 0.15) is 11.5 Å². The van der Waals surface area contributed by atoms with Crippen molar-refractivity contribution in [3.05, 3.63) is 69.5 Å². The van der Waals surface area contributed by atoms with Gasteiger partial charge in [-0.1, -0.05) is 23.2 Å². The fourth-order valence-corrected chi connectivity index (χ4v) is 3.61. The molecule has 1 aromatic carbocycles. The van der Waals surface area contributed by atoms with E-state index in [0.717, 1.165) is 6.20 Å². The molecule has 0 aliphatic carbocycles. The van der Waals surface area contributed by atoms with Crippen LogP contribution in [0.15, 0.2) is 36.8 Å². The maximum Gasteiger partial charge on any atom is 0.277 e. The zero-order chi connectivity index (χ0) is 21.6. The summed E-state index contributed by atoms with van der Waals surface area (Å²) in [5, 5.41) is 7.53. The quantitative estimate of drug-likeness (QED) is 0.640. The van der Waals surface area contributed by atoms with Crippen molar-refractivity contribution < 1.29 is 14.0 Å². The Hall–Kier alpha value is -2.97. The molecule has 1 aliphatic rings. The van der Waals surface area contributed by atoms with E-state index in [1.807, 2.05) is 6.92 Å². The van der Waals surface area contributed by atoms with Crippen molar-refractivity contribution in [1.82, 2.24) is 14.8 Å². The van der Waals surface area contributed by atoms with E-state index in [1.54, 1.807) is 18.2 Å². The topological polar surface area (TPSA) is 80.1 Å². The molecule has 7 nitrogen and oxygen atoms in total. The van der Waals surface area contributed by atoms with Crippen molar-refractivity contribution in [2.24, 2.45) is 0 Å². The number of nitrogens with one attached hydrogen (secondary N) is 1. The lowest BCUT2D eigenvalue weighted by Gasteiger charge is -2.32. The molecule has 0 radical (unpaired) electrons. The second-order valence-electron chi connectivity index (χ2n) is 6.96. The van der Waals surface area contributed by atoms with Gasteiger partial charge in [0.05, 0.1) is 45.9 Å². The number of rotatable bonds is 3. The van der Waals surface area contributed by atoms with Crippen LogP contribution in [-0.4, -0.2) is 33.1 Å². The summed E-state index contributed by atoms with van der Waals surface area (Å²) in [6.07, 6.45) is 3.74. The van der Waals surface area contributed by atoms with Gasteiger partial charge in [0, 0.05) is 17.8 Å². The zero-order valence-electron chi connectivity index (χ0n) is 16.0. The van der Waals surface area contributed by atoms with Crippen molar-refractivity contribution in [2.75, 3.05) is 16.8 Å². The maximum atomic E-state index is 13.7. The summed E-state index contributed by atoms with van der Waals surface area (Å²) in [6, 6.07) is 4.71. The van der Waals surface area contributed by atoms with Gasteiger partial charge in [-0.15, -0.1) is 0 Å². The highest BCUT2D eigenvalue weighted by molar-refractivity contribution is 6.42. The fourth-order valence-electron chi connectivity index (χ4n) is 3.32. The molecule has 10 heteroatoms. The van der Waals surface area contributed by atoms with Crippen LogP contribution < -0.4 is 10.2 Å². The van der Waals surface area contributed by atoms with E-state index in [9.17, 15) is 14.0 Å². The number of carbonyl (C=O) groups is 2. The third kappa shape index (κ3) is 3.42. The first-order chi connectivity index (χ1) is 14.3. The van der Waals surface area contributed by atoms with Crippen molar-refractivity contribution in [3.63, 3.8) is 0 Å². The van der Waals surface area contributed by atoms with Gasteiger partial charge in [0.15, 0.2) is 0 Å². The van der Waals surface area contributed by atoms with Gasteiger partial charge in [0.25, 0.3) is 11.8 Å². The fraction of sp³-hybridized carbons (Fsp3) is 0.200. The molecule has 0 bridgehead atoms. The van der Waals surface area contributed by atoms with Crippen LogP contribution in [0.4, 0.5) is 15.8 Å². The van der Waals surface area contributed by atoms with E-state index < -0.39 is 17.6 Å². The molecule has 0 saturated heterocycles. The lowest BCUT2D eigenvalue weighted by Crippen LogP contribution is -2.43. The molecule has 154 valence electrons. The molecular formula is C20H16Cl2FN5O2. The van der Waals surface area contributed by atoms with Crippen LogP contribution in [-0.2, 0) is 0 Å². The van der Waals surface area contributed by atoms with E-state index in [4.69, 9.17) is 23.2 Å². The van der Waals surface area contributed by atoms with E-state index in [-0.39, 0.29) is 28.6 Å². The normalized spacial score (nSPS) is 15.8. The number of fused-ring (bicyclic) bond motifs is 1. The summed E-state index contributed by atoms with van der Waals surface area (Å²) in [6.45, 7) is 3.76. The third-order valence-electron chi connectivity index (χ3n) is 4.97. The van der Waals surface area contributed by atoms with Crippen LogP contribution in [0.1, 0.15) is 39.4 Å². The average Bonchev–Trinajstić information content (AvgIpc) is 3.17. The molecule has 0 fully saturated rings. The number of nitrogens with zero attached hydrogens (tertiary/aromatic N) is 4. The predicted molar refractivity (Wildman–Crippen MR) is 112 cm³/mol. The van der Waals surface area contributed by atoms with Gasteiger partial charge in [-0.25, -0.2) is 4.39 Å². The van der Waals surface area contributed by atoms with Gasteiger partial charge in [-0.3, -0.25) is 19.3 Å². The minimum absolute atomic E-state index is 0.0836. The summed E-state index contributed by atoms with van der Waals surface area (Å²) < 4.78 is 15.3. The Bertz CT molecular complexity index is 1180. The first-order valence-corrected chi connectivity index (χ1v) is 9.79. The van der Waals surface area contributed by atoms with Gasteiger partial charge < -0.3 is 10.2 Å². The summed E-state index contributed by atoms with van der Waals surface area (Å²) in [4.78, 5) is 31.4. The van der Waals surface area contributed by atoms with E-state index in [2.05, 4.69) is 15.4 Å². The Morgan fingerprint density at radius 3 is 2.73 bits per heavy atom. The van der Waals surface area contributed by atoms with Crippen molar-refractivity contribution in [1.29, 1.82) is 0 Å². The van der Waals surface area contributed by atoms with Crippen molar-refractivity contribution in [3.8, 4) is 0 Å². The molecule has 0 spiro atoms. The number of hydrogen-bond donors (Lipinski definition) is 1. The molecule has 0 unspecified atom stereocenters. The predicted octanol–water partition coefficient (Wildman–Crippen LogP) is 4.51. The lowest BCUT2D eigenvalue weighted by atomic mass is 10.1. The van der Waals surface area contributed by atoms with Crippen LogP contribution in [0.5, 0.6) is 0 Å². The molecule has 0 saturated carbocycles. The molecule has 4 rings (SSSR count). The number of halogens is 3. The molecule has 30 heavy (non-hydrogen) atoms. The van der Waals surface area contributed by atoms with Crippen molar-refractivity contribution in [2.45, 2.75) is 19.9 Å². The number of anilines is 2.